The Bertz CT molecular complexity index is 324. The van der Waals surface area contributed by atoms with Crippen molar-refractivity contribution in [3.05, 3.63) is 30.1 Å². The lowest BCUT2D eigenvalue weighted by atomic mass is 10.0. The fourth-order valence-corrected chi connectivity index (χ4v) is 1.50. The van der Waals surface area contributed by atoms with Gasteiger partial charge in [0, 0.05) is 18.4 Å². The first kappa shape index (κ1) is 12.6. The summed E-state index contributed by atoms with van der Waals surface area (Å²) in [4.78, 5) is 15.8. The van der Waals surface area contributed by atoms with Crippen molar-refractivity contribution in [1.29, 1.82) is 0 Å². The monoisotopic (exact) mass is 221 g/mol. The molecule has 1 unspecified atom stereocenters. The molecule has 3 N–H and O–H groups in total. The van der Waals surface area contributed by atoms with Crippen LogP contribution in [0.2, 0.25) is 0 Å². The molecule has 0 saturated carbocycles. The van der Waals surface area contributed by atoms with Crippen molar-refractivity contribution in [1.82, 2.24) is 10.3 Å². The third kappa shape index (κ3) is 3.62. The number of pyridine rings is 1. The van der Waals surface area contributed by atoms with E-state index in [1.165, 1.54) is 0 Å². The Labute approximate surface area is 96.3 Å². The second-order valence-corrected chi connectivity index (χ2v) is 4.14. The Morgan fingerprint density at radius 3 is 2.81 bits per heavy atom. The number of aromatic nitrogens is 1. The number of nitrogens with one attached hydrogen (secondary N) is 1. The molecule has 0 aliphatic heterocycles. The molecule has 0 spiro atoms. The SMILES string of the molecule is CC(C)C(CCN)NC(=O)c1cccnc1. The lowest BCUT2D eigenvalue weighted by molar-refractivity contribution is 0.0923. The molecule has 0 aromatic carbocycles. The predicted octanol–water partition coefficient (Wildman–Crippen LogP) is 1.18. The number of carbonyl (C=O) groups excluding carboxylic acids is 1. The van der Waals surface area contributed by atoms with Crippen LogP contribution in [0.3, 0.4) is 0 Å². The average molecular weight is 221 g/mol. The van der Waals surface area contributed by atoms with Gasteiger partial charge in [-0.2, -0.15) is 0 Å². The topological polar surface area (TPSA) is 68.0 Å². The molecule has 0 fully saturated rings. The van der Waals surface area contributed by atoms with Gasteiger partial charge >= 0.3 is 0 Å². The summed E-state index contributed by atoms with van der Waals surface area (Å²) >= 11 is 0. The molecule has 0 aliphatic carbocycles. The molecule has 1 heterocycles. The number of carbonyl (C=O) groups is 1. The number of hydrogen-bond acceptors (Lipinski definition) is 3. The van der Waals surface area contributed by atoms with Gasteiger partial charge in [-0.3, -0.25) is 9.78 Å². The minimum Gasteiger partial charge on any atom is -0.349 e. The van der Waals surface area contributed by atoms with Gasteiger partial charge in [0.25, 0.3) is 5.91 Å². The highest BCUT2D eigenvalue weighted by atomic mass is 16.1. The number of rotatable bonds is 5. The van der Waals surface area contributed by atoms with Crippen LogP contribution in [0.5, 0.6) is 0 Å². The van der Waals surface area contributed by atoms with Gasteiger partial charge in [-0.25, -0.2) is 0 Å². The predicted molar refractivity (Wildman–Crippen MR) is 64.0 cm³/mol. The second-order valence-electron chi connectivity index (χ2n) is 4.14. The van der Waals surface area contributed by atoms with E-state index in [2.05, 4.69) is 24.1 Å². The van der Waals surface area contributed by atoms with Crippen LogP contribution in [0.1, 0.15) is 30.6 Å². The van der Waals surface area contributed by atoms with Crippen molar-refractivity contribution in [2.75, 3.05) is 6.54 Å². The Morgan fingerprint density at radius 2 is 2.31 bits per heavy atom. The van der Waals surface area contributed by atoms with E-state index in [9.17, 15) is 4.79 Å². The van der Waals surface area contributed by atoms with Crippen LogP contribution in [0.4, 0.5) is 0 Å². The molecular weight excluding hydrogens is 202 g/mol. The van der Waals surface area contributed by atoms with E-state index in [4.69, 9.17) is 5.73 Å². The average Bonchev–Trinajstić information content (AvgIpc) is 2.29. The van der Waals surface area contributed by atoms with Crippen molar-refractivity contribution in [3.8, 4) is 0 Å². The smallest absolute Gasteiger partial charge is 0.253 e. The van der Waals surface area contributed by atoms with Gasteiger partial charge in [-0.05, 0) is 31.0 Å². The summed E-state index contributed by atoms with van der Waals surface area (Å²) in [6, 6.07) is 3.63. The van der Waals surface area contributed by atoms with Crippen LogP contribution in [0.15, 0.2) is 24.5 Å². The van der Waals surface area contributed by atoms with Gasteiger partial charge in [-0.15, -0.1) is 0 Å². The molecule has 0 saturated heterocycles. The fraction of sp³-hybridized carbons (Fsp3) is 0.500. The number of amides is 1. The van der Waals surface area contributed by atoms with E-state index >= 15 is 0 Å². The highest BCUT2D eigenvalue weighted by Gasteiger charge is 2.16. The molecule has 0 aliphatic rings. The maximum Gasteiger partial charge on any atom is 0.253 e. The summed E-state index contributed by atoms with van der Waals surface area (Å²) in [5, 5.41) is 2.97. The lowest BCUT2D eigenvalue weighted by Crippen LogP contribution is -2.39. The van der Waals surface area contributed by atoms with Gasteiger partial charge in [0.15, 0.2) is 0 Å². The van der Waals surface area contributed by atoms with E-state index in [1.807, 2.05) is 0 Å². The third-order valence-corrected chi connectivity index (χ3v) is 2.52. The Hall–Kier alpha value is -1.42. The van der Waals surface area contributed by atoms with E-state index in [0.29, 0.717) is 18.0 Å². The quantitative estimate of drug-likeness (QED) is 0.784. The van der Waals surface area contributed by atoms with Gasteiger partial charge < -0.3 is 11.1 Å². The minimum absolute atomic E-state index is 0.0831. The normalized spacial score (nSPS) is 12.5. The summed E-state index contributed by atoms with van der Waals surface area (Å²) < 4.78 is 0. The maximum atomic E-state index is 11.8. The van der Waals surface area contributed by atoms with Gasteiger partial charge in [0.2, 0.25) is 0 Å². The molecule has 1 amide bonds. The molecule has 4 nitrogen and oxygen atoms in total. The van der Waals surface area contributed by atoms with Crippen molar-refractivity contribution in [2.45, 2.75) is 26.3 Å². The molecule has 1 aromatic heterocycles. The minimum atomic E-state index is -0.0831. The zero-order valence-corrected chi connectivity index (χ0v) is 9.81. The molecule has 16 heavy (non-hydrogen) atoms. The van der Waals surface area contributed by atoms with Crippen LogP contribution < -0.4 is 11.1 Å². The van der Waals surface area contributed by atoms with E-state index in [0.717, 1.165) is 6.42 Å². The summed E-state index contributed by atoms with van der Waals surface area (Å²) in [5.74, 6) is 0.296. The van der Waals surface area contributed by atoms with Crippen LogP contribution in [0.25, 0.3) is 0 Å². The van der Waals surface area contributed by atoms with Crippen LogP contribution in [0, 0.1) is 5.92 Å². The standard InChI is InChI=1S/C12H19N3O/c1-9(2)11(5-6-13)15-12(16)10-4-3-7-14-8-10/h3-4,7-9,11H,5-6,13H2,1-2H3,(H,15,16). The van der Waals surface area contributed by atoms with E-state index in [1.54, 1.807) is 24.5 Å². The van der Waals surface area contributed by atoms with Crippen molar-refractivity contribution >= 4 is 5.91 Å². The number of nitrogens with zero attached hydrogens (tertiary/aromatic N) is 1. The van der Waals surface area contributed by atoms with Crippen LogP contribution in [-0.4, -0.2) is 23.5 Å². The molecular formula is C12H19N3O. The first-order valence-corrected chi connectivity index (χ1v) is 5.56. The lowest BCUT2D eigenvalue weighted by Gasteiger charge is -2.21. The van der Waals surface area contributed by atoms with E-state index in [-0.39, 0.29) is 11.9 Å². The summed E-state index contributed by atoms with van der Waals surface area (Å²) in [6.07, 6.45) is 4.01. The summed E-state index contributed by atoms with van der Waals surface area (Å²) in [7, 11) is 0. The molecule has 1 atom stereocenters. The molecule has 4 heteroatoms. The highest BCUT2D eigenvalue weighted by molar-refractivity contribution is 5.94. The largest absolute Gasteiger partial charge is 0.349 e. The van der Waals surface area contributed by atoms with Crippen molar-refractivity contribution in [2.24, 2.45) is 11.7 Å². The third-order valence-electron chi connectivity index (χ3n) is 2.52. The molecule has 1 rings (SSSR count). The van der Waals surface area contributed by atoms with Gasteiger partial charge in [-0.1, -0.05) is 13.8 Å². The molecule has 0 bridgehead atoms. The first-order chi connectivity index (χ1) is 7.65. The fourth-order valence-electron chi connectivity index (χ4n) is 1.50. The first-order valence-electron chi connectivity index (χ1n) is 5.56. The second kappa shape index (κ2) is 6.23. The van der Waals surface area contributed by atoms with Crippen molar-refractivity contribution in [3.63, 3.8) is 0 Å². The highest BCUT2D eigenvalue weighted by Crippen LogP contribution is 2.06. The Balaban J connectivity index is 2.62. The zero-order valence-electron chi connectivity index (χ0n) is 9.81. The van der Waals surface area contributed by atoms with Crippen molar-refractivity contribution < 1.29 is 4.79 Å². The van der Waals surface area contributed by atoms with Gasteiger partial charge in [0.05, 0.1) is 5.56 Å². The van der Waals surface area contributed by atoms with E-state index < -0.39 is 0 Å². The molecule has 0 radical (unpaired) electrons. The maximum absolute atomic E-state index is 11.8. The number of nitrogens with two attached hydrogens (primary N) is 1. The van der Waals surface area contributed by atoms with Crippen LogP contribution >= 0.6 is 0 Å². The zero-order chi connectivity index (χ0) is 12.0. The Kier molecular flexibility index (Phi) is 4.92. The Morgan fingerprint density at radius 1 is 1.56 bits per heavy atom. The molecule has 1 aromatic rings. The molecule has 88 valence electrons. The van der Waals surface area contributed by atoms with Crippen LogP contribution in [-0.2, 0) is 0 Å². The summed E-state index contributed by atoms with van der Waals surface area (Å²) in [5.41, 5.74) is 6.11. The number of hydrogen-bond donors (Lipinski definition) is 2. The summed E-state index contributed by atoms with van der Waals surface area (Å²) in [6.45, 7) is 4.73. The van der Waals surface area contributed by atoms with Gasteiger partial charge in [0.1, 0.15) is 0 Å².